The maximum Gasteiger partial charge on any atom is 0.254 e. The highest BCUT2D eigenvalue weighted by Gasteiger charge is 2.29. The van der Waals surface area contributed by atoms with Gasteiger partial charge in [0.25, 0.3) is 5.91 Å². The van der Waals surface area contributed by atoms with Crippen molar-refractivity contribution in [2.24, 2.45) is 11.7 Å². The topological polar surface area (TPSA) is 121 Å². The van der Waals surface area contributed by atoms with Gasteiger partial charge in [-0.3, -0.25) is 4.79 Å². The lowest BCUT2D eigenvalue weighted by Crippen LogP contribution is -2.36. The number of aromatic nitrogens is 2. The summed E-state index contributed by atoms with van der Waals surface area (Å²) < 4.78 is 0. The average Bonchev–Trinajstić information content (AvgIpc) is 2.66. The van der Waals surface area contributed by atoms with E-state index in [1.807, 2.05) is 6.92 Å². The summed E-state index contributed by atoms with van der Waals surface area (Å²) in [6, 6.07) is 0.204. The first-order valence-electron chi connectivity index (χ1n) is 10.0. The number of carbonyl (C=O) groups excluding carboxylic acids is 1. The molecule has 27 heavy (non-hydrogen) atoms. The molecule has 2 aliphatic rings. The third-order valence-electron chi connectivity index (χ3n) is 5.70. The molecule has 0 spiro atoms. The van der Waals surface area contributed by atoms with E-state index in [1.165, 1.54) is 32.1 Å². The predicted molar refractivity (Wildman–Crippen MR) is 105 cm³/mol. The lowest BCUT2D eigenvalue weighted by molar-refractivity contribution is 0.0196. The molecule has 2 saturated carbocycles. The van der Waals surface area contributed by atoms with Gasteiger partial charge in [0.05, 0.1) is 11.2 Å². The fourth-order valence-electron chi connectivity index (χ4n) is 4.03. The Kier molecular flexibility index (Phi) is 7.98. The first-order chi connectivity index (χ1) is 12.9. The monoisotopic (exact) mass is 378 g/mol. The van der Waals surface area contributed by atoms with E-state index in [4.69, 9.17) is 10.8 Å². The van der Waals surface area contributed by atoms with E-state index in [2.05, 4.69) is 15.3 Å². The van der Waals surface area contributed by atoms with E-state index in [-0.39, 0.29) is 6.04 Å². The van der Waals surface area contributed by atoms with Crippen LogP contribution in [0.15, 0.2) is 6.20 Å². The number of nitrogens with zero attached hydrogens (tertiary/aromatic N) is 2. The minimum Gasteiger partial charge on any atom is -0.400 e. The van der Waals surface area contributed by atoms with Crippen molar-refractivity contribution in [3.8, 4) is 0 Å². The number of carbonyl (C=O) groups is 1. The summed E-state index contributed by atoms with van der Waals surface area (Å²) in [7, 11) is 1.00. The molecule has 2 aliphatic carbocycles. The number of anilines is 1. The van der Waals surface area contributed by atoms with Crippen molar-refractivity contribution in [1.82, 2.24) is 9.97 Å². The Labute approximate surface area is 161 Å². The van der Waals surface area contributed by atoms with Crippen LogP contribution >= 0.6 is 0 Å². The van der Waals surface area contributed by atoms with Crippen molar-refractivity contribution in [2.45, 2.75) is 82.8 Å². The van der Waals surface area contributed by atoms with Gasteiger partial charge in [0.2, 0.25) is 0 Å². The summed E-state index contributed by atoms with van der Waals surface area (Å²) in [5, 5.41) is 20.5. The van der Waals surface area contributed by atoms with E-state index >= 15 is 0 Å². The molecule has 0 radical (unpaired) electrons. The highest BCUT2D eigenvalue weighted by Crippen LogP contribution is 2.30. The van der Waals surface area contributed by atoms with E-state index < -0.39 is 11.5 Å². The van der Waals surface area contributed by atoms with Crippen molar-refractivity contribution < 1.29 is 15.0 Å². The van der Waals surface area contributed by atoms with E-state index in [0.717, 1.165) is 45.0 Å². The number of primary amides is 1. The molecule has 1 aromatic rings. The molecule has 5 N–H and O–H groups in total. The number of aliphatic hydroxyl groups is 2. The summed E-state index contributed by atoms with van der Waals surface area (Å²) >= 11 is 0. The van der Waals surface area contributed by atoms with Crippen LogP contribution < -0.4 is 11.1 Å². The van der Waals surface area contributed by atoms with E-state index in [1.54, 1.807) is 6.20 Å². The van der Waals surface area contributed by atoms with Gasteiger partial charge in [0.15, 0.2) is 0 Å². The Balaban J connectivity index is 0.00000126. The first-order valence-corrected chi connectivity index (χ1v) is 10.0. The third-order valence-corrected chi connectivity index (χ3v) is 5.70. The number of rotatable bonds is 5. The molecule has 2 fully saturated rings. The largest absolute Gasteiger partial charge is 0.400 e. The van der Waals surface area contributed by atoms with Crippen molar-refractivity contribution in [2.75, 3.05) is 12.4 Å². The number of hydrogen-bond acceptors (Lipinski definition) is 6. The second-order valence-electron chi connectivity index (χ2n) is 8.04. The predicted octanol–water partition coefficient (Wildman–Crippen LogP) is 2.41. The van der Waals surface area contributed by atoms with Crippen LogP contribution in [-0.4, -0.2) is 44.8 Å². The van der Waals surface area contributed by atoms with Crippen LogP contribution in [0.4, 0.5) is 5.82 Å². The quantitative estimate of drug-likeness (QED) is 0.624. The lowest BCUT2D eigenvalue weighted by atomic mass is 9.83. The standard InChI is InChI=1S/C19H30N4O2.CH4O/c1-19(25)9-7-14(8-10-19)22-18-15(17(20)24)12-21-16(23-18)11-13-5-3-2-4-6-13;1-2/h12-14,25H,2-11H2,1H3,(H2,20,24)(H,21,22,23);2H,1H3. The third kappa shape index (κ3) is 6.43. The molecule has 7 heteroatoms. The smallest absolute Gasteiger partial charge is 0.254 e. The molecule has 3 rings (SSSR count). The van der Waals surface area contributed by atoms with Gasteiger partial charge in [-0.1, -0.05) is 32.1 Å². The summed E-state index contributed by atoms with van der Waals surface area (Å²) in [5.74, 6) is 1.49. The molecule has 0 atom stereocenters. The zero-order valence-corrected chi connectivity index (χ0v) is 16.6. The summed E-state index contributed by atoms with van der Waals surface area (Å²) in [4.78, 5) is 20.7. The molecule has 1 heterocycles. The Bertz CT molecular complexity index is 605. The second kappa shape index (κ2) is 9.99. The fourth-order valence-corrected chi connectivity index (χ4v) is 4.03. The van der Waals surface area contributed by atoms with E-state index in [9.17, 15) is 9.90 Å². The summed E-state index contributed by atoms with van der Waals surface area (Å²) in [6.07, 6.45) is 12.0. The van der Waals surface area contributed by atoms with Crippen LogP contribution in [0.1, 0.15) is 80.9 Å². The number of nitrogens with one attached hydrogen (secondary N) is 1. The molecule has 0 aliphatic heterocycles. The molecule has 0 aromatic carbocycles. The van der Waals surface area contributed by atoms with E-state index in [0.29, 0.717) is 17.3 Å². The van der Waals surface area contributed by atoms with Crippen LogP contribution in [-0.2, 0) is 6.42 Å². The molecule has 0 saturated heterocycles. The number of aliphatic hydroxyl groups excluding tert-OH is 1. The van der Waals surface area contributed by atoms with Gasteiger partial charge < -0.3 is 21.3 Å². The number of hydrogen-bond donors (Lipinski definition) is 4. The molecule has 0 bridgehead atoms. The Morgan fingerprint density at radius 1 is 1.22 bits per heavy atom. The highest BCUT2D eigenvalue weighted by molar-refractivity contribution is 5.97. The van der Waals surface area contributed by atoms with Gasteiger partial charge in [-0.15, -0.1) is 0 Å². The van der Waals surface area contributed by atoms with Crippen LogP contribution in [0.5, 0.6) is 0 Å². The zero-order chi connectivity index (χ0) is 19.9. The van der Waals surface area contributed by atoms with Gasteiger partial charge in [0, 0.05) is 25.8 Å². The normalized spacial score (nSPS) is 26.0. The molecular formula is C20H34N4O3. The minimum atomic E-state index is -0.581. The van der Waals surface area contributed by atoms with Crippen LogP contribution in [0.3, 0.4) is 0 Å². The Morgan fingerprint density at radius 2 is 1.85 bits per heavy atom. The molecule has 0 unspecified atom stereocenters. The van der Waals surface area contributed by atoms with Crippen LogP contribution in [0.2, 0.25) is 0 Å². The summed E-state index contributed by atoms with van der Waals surface area (Å²) in [6.45, 7) is 1.88. The molecular weight excluding hydrogens is 344 g/mol. The molecule has 7 nitrogen and oxygen atoms in total. The van der Waals surface area contributed by atoms with Crippen LogP contribution in [0, 0.1) is 5.92 Å². The highest BCUT2D eigenvalue weighted by atomic mass is 16.3. The van der Waals surface area contributed by atoms with Gasteiger partial charge >= 0.3 is 0 Å². The maximum atomic E-state index is 11.7. The van der Waals surface area contributed by atoms with Gasteiger partial charge in [-0.25, -0.2) is 9.97 Å². The second-order valence-corrected chi connectivity index (χ2v) is 8.04. The molecule has 1 amide bonds. The number of amides is 1. The Hall–Kier alpha value is -1.73. The lowest BCUT2D eigenvalue weighted by Gasteiger charge is -2.33. The average molecular weight is 379 g/mol. The minimum absolute atomic E-state index is 0.204. The zero-order valence-electron chi connectivity index (χ0n) is 16.6. The summed E-state index contributed by atoms with van der Waals surface area (Å²) in [5.41, 5.74) is 5.27. The van der Waals surface area contributed by atoms with Crippen molar-refractivity contribution >= 4 is 11.7 Å². The SMILES string of the molecule is CC1(O)CCC(Nc2nc(CC3CCCCC3)ncc2C(N)=O)CC1.CO. The van der Waals surface area contributed by atoms with Crippen molar-refractivity contribution in [1.29, 1.82) is 0 Å². The molecule has 152 valence electrons. The maximum absolute atomic E-state index is 11.7. The van der Waals surface area contributed by atoms with Gasteiger partial charge in [-0.05, 0) is 38.5 Å². The Morgan fingerprint density at radius 3 is 2.44 bits per heavy atom. The van der Waals surface area contributed by atoms with Crippen molar-refractivity contribution in [3.63, 3.8) is 0 Å². The fraction of sp³-hybridized carbons (Fsp3) is 0.750. The molecule has 1 aromatic heterocycles. The first kappa shape index (κ1) is 21.6. The van der Waals surface area contributed by atoms with Gasteiger partial charge in [-0.2, -0.15) is 0 Å². The van der Waals surface area contributed by atoms with Crippen LogP contribution in [0.25, 0.3) is 0 Å². The number of nitrogens with two attached hydrogens (primary N) is 1. The van der Waals surface area contributed by atoms with Crippen molar-refractivity contribution in [3.05, 3.63) is 17.6 Å². The van der Waals surface area contributed by atoms with Gasteiger partial charge in [0.1, 0.15) is 11.6 Å².